The number of cyclic esters (lactones) is 2. The molecule has 3 atom stereocenters. The van der Waals surface area contributed by atoms with Gasteiger partial charge in [0.05, 0.1) is 12.3 Å². The molecule has 0 aliphatic carbocycles. The molecule has 0 radical (unpaired) electrons. The minimum absolute atomic E-state index is 0.210. The summed E-state index contributed by atoms with van der Waals surface area (Å²) in [5, 5.41) is 2.16. The minimum atomic E-state index is -1.26. The van der Waals surface area contributed by atoms with Gasteiger partial charge in [0.1, 0.15) is 6.10 Å². The molecule has 2 aliphatic rings. The Bertz CT molecular complexity index is 661. The lowest BCUT2D eigenvalue weighted by Gasteiger charge is -2.20. The number of hydrogen-bond donors (Lipinski definition) is 1. The van der Waals surface area contributed by atoms with E-state index in [1.807, 2.05) is 13.8 Å². The zero-order valence-electron chi connectivity index (χ0n) is 14.0. The molecule has 2 N–H and O–H groups in total. The van der Waals surface area contributed by atoms with Crippen LogP contribution >= 0.6 is 11.3 Å². The summed E-state index contributed by atoms with van der Waals surface area (Å²) >= 11 is 1.28. The van der Waals surface area contributed by atoms with E-state index in [1.165, 1.54) is 11.3 Å². The van der Waals surface area contributed by atoms with Crippen LogP contribution < -0.4 is 5.73 Å². The summed E-state index contributed by atoms with van der Waals surface area (Å²) in [4.78, 5) is 29.1. The normalized spacial score (nSPS) is 32.6. The summed E-state index contributed by atoms with van der Waals surface area (Å²) in [5.74, 6) is -0.684. The van der Waals surface area contributed by atoms with Gasteiger partial charge in [-0.1, -0.05) is 13.8 Å². The lowest BCUT2D eigenvalue weighted by Crippen LogP contribution is -2.32. The zero-order valence-corrected chi connectivity index (χ0v) is 14.9. The lowest BCUT2D eigenvalue weighted by atomic mass is 9.78. The first-order valence-corrected chi connectivity index (χ1v) is 8.87. The van der Waals surface area contributed by atoms with Crippen LogP contribution in [0.1, 0.15) is 39.3 Å². The van der Waals surface area contributed by atoms with Crippen LogP contribution in [0.15, 0.2) is 5.38 Å². The van der Waals surface area contributed by atoms with Gasteiger partial charge < -0.3 is 19.9 Å². The molecule has 132 valence electrons. The van der Waals surface area contributed by atoms with E-state index in [9.17, 15) is 9.59 Å². The Kier molecular flexibility index (Phi) is 4.29. The number of thiazole rings is 1. The van der Waals surface area contributed by atoms with E-state index in [2.05, 4.69) is 4.98 Å². The quantitative estimate of drug-likeness (QED) is 0.636. The zero-order chi connectivity index (χ0) is 17.5. The first-order valence-electron chi connectivity index (χ1n) is 7.99. The fourth-order valence-corrected chi connectivity index (χ4v) is 3.96. The summed E-state index contributed by atoms with van der Waals surface area (Å²) in [6.07, 6.45) is 0.0612. The standard InChI is InChI=1S/C16H22N2O5S/c1-9(2)5-21-6-10-4-16(12(19)22-10)8-15(3,23-13(16)20)11-7-24-14(17)18-11/h7,9-10H,4-6,8H2,1-3H3,(H2,17,18)/t10-,15+,16-/m1/s1. The van der Waals surface area contributed by atoms with Crippen molar-refractivity contribution in [3.63, 3.8) is 0 Å². The molecule has 8 heteroatoms. The smallest absolute Gasteiger partial charge is 0.324 e. The molecule has 7 nitrogen and oxygen atoms in total. The van der Waals surface area contributed by atoms with E-state index in [-0.39, 0.29) is 12.8 Å². The molecule has 0 saturated carbocycles. The number of esters is 2. The second-order valence-corrected chi connectivity index (χ2v) is 8.00. The molecule has 3 heterocycles. The van der Waals surface area contributed by atoms with Crippen LogP contribution in [-0.4, -0.2) is 36.2 Å². The maximum Gasteiger partial charge on any atom is 0.324 e. The molecular formula is C16H22N2O5S. The summed E-state index contributed by atoms with van der Waals surface area (Å²) in [6, 6.07) is 0. The number of nitrogen functional groups attached to an aromatic ring is 1. The fraction of sp³-hybridized carbons (Fsp3) is 0.688. The van der Waals surface area contributed by atoms with Crippen LogP contribution in [0.4, 0.5) is 5.13 Å². The third-order valence-corrected chi connectivity index (χ3v) is 5.08. The van der Waals surface area contributed by atoms with Crippen LogP contribution in [0, 0.1) is 11.3 Å². The molecule has 3 rings (SSSR count). The van der Waals surface area contributed by atoms with Gasteiger partial charge in [0.15, 0.2) is 16.1 Å². The van der Waals surface area contributed by atoms with Crippen LogP contribution in [-0.2, 0) is 29.4 Å². The molecule has 2 aliphatic heterocycles. The number of aromatic nitrogens is 1. The molecule has 1 spiro atoms. The molecule has 0 aromatic carbocycles. The highest BCUT2D eigenvalue weighted by Crippen LogP contribution is 2.52. The predicted molar refractivity (Wildman–Crippen MR) is 87.2 cm³/mol. The second kappa shape index (κ2) is 6.00. The van der Waals surface area contributed by atoms with Crippen molar-refractivity contribution in [3.05, 3.63) is 11.1 Å². The summed E-state index contributed by atoms with van der Waals surface area (Å²) in [6.45, 7) is 6.72. The van der Waals surface area contributed by atoms with Gasteiger partial charge >= 0.3 is 11.9 Å². The van der Waals surface area contributed by atoms with Crippen molar-refractivity contribution in [1.29, 1.82) is 0 Å². The highest BCUT2D eigenvalue weighted by Gasteiger charge is 2.65. The van der Waals surface area contributed by atoms with Crippen LogP contribution in [0.2, 0.25) is 0 Å². The number of nitrogens with zero attached hydrogens (tertiary/aromatic N) is 1. The third-order valence-electron chi connectivity index (χ3n) is 4.41. The number of ether oxygens (including phenoxy) is 3. The van der Waals surface area contributed by atoms with Gasteiger partial charge in [-0.05, 0) is 12.8 Å². The van der Waals surface area contributed by atoms with Crippen molar-refractivity contribution >= 4 is 28.4 Å². The van der Waals surface area contributed by atoms with Crippen molar-refractivity contribution in [1.82, 2.24) is 4.98 Å². The molecule has 0 amide bonds. The Labute approximate surface area is 144 Å². The number of carbonyl (C=O) groups is 2. The SMILES string of the molecule is CC(C)COC[C@H]1C[C@@]2(C[C@@](C)(c3csc(N)n3)OC2=O)C(=O)O1. The van der Waals surface area contributed by atoms with E-state index < -0.39 is 29.1 Å². The molecule has 0 bridgehead atoms. The van der Waals surface area contributed by atoms with Crippen molar-refractivity contribution in [2.24, 2.45) is 11.3 Å². The summed E-state index contributed by atoms with van der Waals surface area (Å²) in [5.41, 5.74) is 4.02. The Balaban J connectivity index is 1.74. The van der Waals surface area contributed by atoms with Crippen LogP contribution in [0.3, 0.4) is 0 Å². The van der Waals surface area contributed by atoms with E-state index >= 15 is 0 Å². The van der Waals surface area contributed by atoms with Crippen molar-refractivity contribution in [2.75, 3.05) is 18.9 Å². The van der Waals surface area contributed by atoms with Gasteiger partial charge in [-0.3, -0.25) is 9.59 Å². The van der Waals surface area contributed by atoms with Gasteiger partial charge in [0.2, 0.25) is 0 Å². The van der Waals surface area contributed by atoms with E-state index in [0.29, 0.717) is 30.0 Å². The van der Waals surface area contributed by atoms with Crippen LogP contribution in [0.25, 0.3) is 0 Å². The van der Waals surface area contributed by atoms with Gasteiger partial charge in [0.25, 0.3) is 0 Å². The van der Waals surface area contributed by atoms with Gasteiger partial charge in [-0.25, -0.2) is 4.98 Å². The Hall–Kier alpha value is -1.67. The number of nitrogens with two attached hydrogens (primary N) is 1. The topological polar surface area (TPSA) is 101 Å². The van der Waals surface area contributed by atoms with E-state index in [4.69, 9.17) is 19.9 Å². The number of rotatable bonds is 5. The minimum Gasteiger partial charge on any atom is -0.459 e. The molecule has 1 aromatic heterocycles. The van der Waals surface area contributed by atoms with Gasteiger partial charge in [-0.2, -0.15) is 0 Å². The first kappa shape index (κ1) is 17.2. The molecule has 2 saturated heterocycles. The first-order chi connectivity index (χ1) is 11.2. The monoisotopic (exact) mass is 354 g/mol. The lowest BCUT2D eigenvalue weighted by molar-refractivity contribution is -0.160. The third kappa shape index (κ3) is 2.88. The number of anilines is 1. The Morgan fingerprint density at radius 2 is 2.21 bits per heavy atom. The van der Waals surface area contributed by atoms with Crippen molar-refractivity contribution < 1.29 is 23.8 Å². The fourth-order valence-electron chi connectivity index (χ4n) is 3.28. The molecule has 0 unspecified atom stereocenters. The highest BCUT2D eigenvalue weighted by atomic mass is 32.1. The van der Waals surface area contributed by atoms with Gasteiger partial charge in [-0.15, -0.1) is 11.3 Å². The van der Waals surface area contributed by atoms with E-state index in [0.717, 1.165) is 0 Å². The molecule has 1 aromatic rings. The largest absolute Gasteiger partial charge is 0.459 e. The van der Waals surface area contributed by atoms with E-state index in [1.54, 1.807) is 12.3 Å². The maximum absolute atomic E-state index is 12.5. The average Bonchev–Trinajstić information content (AvgIpc) is 3.11. The average molecular weight is 354 g/mol. The van der Waals surface area contributed by atoms with Crippen molar-refractivity contribution in [3.8, 4) is 0 Å². The van der Waals surface area contributed by atoms with Gasteiger partial charge in [0, 0.05) is 24.8 Å². The Morgan fingerprint density at radius 1 is 1.46 bits per heavy atom. The Morgan fingerprint density at radius 3 is 2.83 bits per heavy atom. The van der Waals surface area contributed by atoms with Crippen LogP contribution in [0.5, 0.6) is 0 Å². The molecule has 2 fully saturated rings. The van der Waals surface area contributed by atoms with Crippen molar-refractivity contribution in [2.45, 2.75) is 45.3 Å². The highest BCUT2D eigenvalue weighted by molar-refractivity contribution is 7.13. The summed E-state index contributed by atoms with van der Waals surface area (Å²) < 4.78 is 16.5. The second-order valence-electron chi connectivity index (χ2n) is 7.11. The number of carbonyl (C=O) groups excluding carboxylic acids is 2. The summed E-state index contributed by atoms with van der Waals surface area (Å²) in [7, 11) is 0. The predicted octanol–water partition coefficient (Wildman–Crippen LogP) is 1.86. The number of hydrogen-bond acceptors (Lipinski definition) is 8. The molecule has 24 heavy (non-hydrogen) atoms. The maximum atomic E-state index is 12.5. The molecular weight excluding hydrogens is 332 g/mol.